The number of ether oxygens (including phenoxy) is 4. The molecular weight excluding hydrogens is 496 g/mol. The number of carbonyl (C=O) groups excluding carboxylic acids is 2. The number of thiazole rings is 1. The number of carbonyl (C=O) groups is 2. The first kappa shape index (κ1) is 26.2. The van der Waals surface area contributed by atoms with E-state index in [0.29, 0.717) is 27.5 Å². The molecule has 1 aromatic heterocycles. The van der Waals surface area contributed by atoms with Gasteiger partial charge < -0.3 is 23.5 Å². The molecule has 12 heteroatoms. The molecular formula is C23H26N2O8S2. The summed E-state index contributed by atoms with van der Waals surface area (Å²) in [5, 5.41) is 0. The number of amides is 1. The van der Waals surface area contributed by atoms with Crippen molar-refractivity contribution in [3.8, 4) is 17.2 Å². The Labute approximate surface area is 206 Å². The highest BCUT2D eigenvalue weighted by Crippen LogP contribution is 2.35. The summed E-state index contributed by atoms with van der Waals surface area (Å²) in [4.78, 5) is 29.3. The van der Waals surface area contributed by atoms with Crippen LogP contribution in [0, 0.1) is 0 Å². The van der Waals surface area contributed by atoms with Crippen molar-refractivity contribution in [2.75, 3.05) is 34.2 Å². The number of fused-ring (bicyclic) bond motifs is 1. The molecule has 1 heterocycles. The molecule has 0 N–H and O–H groups in total. The monoisotopic (exact) mass is 522 g/mol. The molecule has 0 saturated carbocycles. The van der Waals surface area contributed by atoms with Crippen LogP contribution in [-0.2, 0) is 30.7 Å². The number of hydrogen-bond acceptors (Lipinski definition) is 9. The molecule has 0 aliphatic carbocycles. The van der Waals surface area contributed by atoms with E-state index in [4.69, 9.17) is 18.9 Å². The SMILES string of the molecule is COC(=O)Cn1c(=NC(=O)CCCS(=O)(=O)c2ccc(OC)cc2)sc2c(OC)ccc(OC)c21. The van der Waals surface area contributed by atoms with Crippen LogP contribution in [0.4, 0.5) is 0 Å². The molecule has 0 bridgehead atoms. The first-order valence-corrected chi connectivity index (χ1v) is 13.0. The third kappa shape index (κ3) is 6.01. The molecule has 3 aromatic rings. The Hall–Kier alpha value is -3.38. The average molecular weight is 523 g/mol. The number of sulfone groups is 1. The fourth-order valence-electron chi connectivity index (χ4n) is 3.36. The van der Waals surface area contributed by atoms with E-state index in [2.05, 4.69) is 4.99 Å². The van der Waals surface area contributed by atoms with Crippen molar-refractivity contribution >= 4 is 43.3 Å². The Morgan fingerprint density at radius 3 is 2.20 bits per heavy atom. The van der Waals surface area contributed by atoms with Crippen LogP contribution in [0.5, 0.6) is 17.2 Å². The Morgan fingerprint density at radius 2 is 1.60 bits per heavy atom. The predicted octanol–water partition coefficient (Wildman–Crippen LogP) is 2.58. The molecule has 0 fully saturated rings. The third-order valence-electron chi connectivity index (χ3n) is 5.15. The van der Waals surface area contributed by atoms with Gasteiger partial charge in [-0.25, -0.2) is 8.42 Å². The summed E-state index contributed by atoms with van der Waals surface area (Å²) in [6, 6.07) is 9.48. The number of esters is 1. The molecule has 0 spiro atoms. The van der Waals surface area contributed by atoms with Crippen molar-refractivity contribution in [2.45, 2.75) is 24.3 Å². The van der Waals surface area contributed by atoms with E-state index in [9.17, 15) is 18.0 Å². The van der Waals surface area contributed by atoms with Crippen LogP contribution in [0.1, 0.15) is 12.8 Å². The normalized spacial score (nSPS) is 11.9. The average Bonchev–Trinajstić information content (AvgIpc) is 3.20. The van der Waals surface area contributed by atoms with Gasteiger partial charge in [-0.2, -0.15) is 4.99 Å². The van der Waals surface area contributed by atoms with Crippen LogP contribution in [0.25, 0.3) is 10.2 Å². The number of hydrogen-bond donors (Lipinski definition) is 0. The molecule has 0 atom stereocenters. The Morgan fingerprint density at radius 1 is 0.943 bits per heavy atom. The summed E-state index contributed by atoms with van der Waals surface area (Å²) in [5.41, 5.74) is 0.538. The van der Waals surface area contributed by atoms with Gasteiger partial charge in [0.15, 0.2) is 14.6 Å². The summed E-state index contributed by atoms with van der Waals surface area (Å²) >= 11 is 1.16. The minimum absolute atomic E-state index is 0.0872. The van der Waals surface area contributed by atoms with Crippen molar-refractivity contribution in [3.63, 3.8) is 0 Å². The minimum atomic E-state index is -3.57. The number of methoxy groups -OCH3 is 4. The Balaban J connectivity index is 1.87. The highest BCUT2D eigenvalue weighted by atomic mass is 32.2. The second-order valence-corrected chi connectivity index (χ2v) is 10.4. The van der Waals surface area contributed by atoms with Gasteiger partial charge in [0.25, 0.3) is 0 Å². The van der Waals surface area contributed by atoms with Gasteiger partial charge in [-0.3, -0.25) is 9.59 Å². The van der Waals surface area contributed by atoms with Crippen LogP contribution in [0.2, 0.25) is 0 Å². The van der Waals surface area contributed by atoms with Crippen LogP contribution in [-0.4, -0.2) is 59.1 Å². The van der Waals surface area contributed by atoms with Gasteiger partial charge in [0.2, 0.25) is 5.91 Å². The number of nitrogens with zero attached hydrogens (tertiary/aromatic N) is 2. The second-order valence-electron chi connectivity index (χ2n) is 7.30. The molecule has 0 saturated heterocycles. The minimum Gasteiger partial charge on any atom is -0.497 e. The Kier molecular flexibility index (Phi) is 8.52. The first-order valence-electron chi connectivity index (χ1n) is 10.5. The van der Waals surface area contributed by atoms with Crippen molar-refractivity contribution in [1.29, 1.82) is 0 Å². The lowest BCUT2D eigenvalue weighted by atomic mass is 10.3. The summed E-state index contributed by atoms with van der Waals surface area (Å²) in [7, 11) is 2.20. The van der Waals surface area contributed by atoms with Gasteiger partial charge >= 0.3 is 5.97 Å². The first-order chi connectivity index (χ1) is 16.7. The smallest absolute Gasteiger partial charge is 0.325 e. The zero-order chi connectivity index (χ0) is 25.6. The molecule has 35 heavy (non-hydrogen) atoms. The van der Waals surface area contributed by atoms with Crippen LogP contribution < -0.4 is 19.0 Å². The van der Waals surface area contributed by atoms with Crippen molar-refractivity contribution in [3.05, 3.63) is 41.2 Å². The molecule has 0 aliphatic heterocycles. The summed E-state index contributed by atoms with van der Waals surface area (Å²) < 4.78 is 48.0. The lowest BCUT2D eigenvalue weighted by molar-refractivity contribution is -0.141. The maximum Gasteiger partial charge on any atom is 0.325 e. The topological polar surface area (TPSA) is 122 Å². The third-order valence-corrected chi connectivity index (χ3v) is 8.06. The quantitative estimate of drug-likeness (QED) is 0.373. The second kappa shape index (κ2) is 11.4. The predicted molar refractivity (Wildman–Crippen MR) is 130 cm³/mol. The van der Waals surface area contributed by atoms with Gasteiger partial charge in [0.1, 0.15) is 34.0 Å². The molecule has 10 nitrogen and oxygen atoms in total. The van der Waals surface area contributed by atoms with E-state index in [-0.39, 0.29) is 34.8 Å². The van der Waals surface area contributed by atoms with Gasteiger partial charge in [0.05, 0.1) is 39.1 Å². The maximum absolute atomic E-state index is 12.6. The van der Waals surface area contributed by atoms with E-state index in [1.165, 1.54) is 45.1 Å². The van der Waals surface area contributed by atoms with Crippen molar-refractivity contribution in [2.24, 2.45) is 4.99 Å². The fourth-order valence-corrected chi connectivity index (χ4v) is 5.82. The van der Waals surface area contributed by atoms with Gasteiger partial charge in [-0.1, -0.05) is 11.3 Å². The van der Waals surface area contributed by atoms with Gasteiger partial charge in [-0.15, -0.1) is 0 Å². The lowest BCUT2D eigenvalue weighted by Gasteiger charge is -2.09. The molecule has 0 radical (unpaired) electrons. The molecule has 3 rings (SSSR count). The fraction of sp³-hybridized carbons (Fsp3) is 0.348. The van der Waals surface area contributed by atoms with Crippen molar-refractivity contribution < 1.29 is 37.0 Å². The van der Waals surface area contributed by atoms with Crippen LogP contribution >= 0.6 is 11.3 Å². The summed E-state index contributed by atoms with van der Waals surface area (Å²) in [5.74, 6) is 0.294. The van der Waals surface area contributed by atoms with Crippen LogP contribution in [0.3, 0.4) is 0 Å². The highest BCUT2D eigenvalue weighted by molar-refractivity contribution is 7.91. The standard InChI is InChI=1S/C23H26N2O8S2/c1-30-15-7-9-16(10-8-15)35(28,29)13-5-6-19(26)24-23-25(14-20(27)33-4)21-17(31-2)11-12-18(32-3)22(21)34-23/h7-12H,5-6,13-14H2,1-4H3. The van der Waals surface area contributed by atoms with Crippen molar-refractivity contribution in [1.82, 2.24) is 4.57 Å². The molecule has 1 amide bonds. The lowest BCUT2D eigenvalue weighted by Crippen LogP contribution is -2.22. The van der Waals surface area contributed by atoms with E-state index < -0.39 is 21.7 Å². The molecule has 188 valence electrons. The molecule has 2 aromatic carbocycles. The van der Waals surface area contributed by atoms with E-state index in [1.54, 1.807) is 24.3 Å². The largest absolute Gasteiger partial charge is 0.497 e. The number of aromatic nitrogens is 1. The van der Waals surface area contributed by atoms with E-state index >= 15 is 0 Å². The molecule has 0 aliphatic rings. The zero-order valence-electron chi connectivity index (χ0n) is 19.8. The Bertz CT molecular complexity index is 1390. The van der Waals surface area contributed by atoms with E-state index in [0.717, 1.165) is 11.3 Å². The van der Waals surface area contributed by atoms with Gasteiger partial charge in [0, 0.05) is 6.42 Å². The number of benzene rings is 2. The summed E-state index contributed by atoms with van der Waals surface area (Å²) in [6.07, 6.45) is 0.00135. The maximum atomic E-state index is 12.6. The summed E-state index contributed by atoms with van der Waals surface area (Å²) in [6.45, 7) is -0.196. The zero-order valence-corrected chi connectivity index (χ0v) is 21.4. The van der Waals surface area contributed by atoms with Crippen LogP contribution in [0.15, 0.2) is 46.3 Å². The molecule has 0 unspecified atom stereocenters. The highest BCUT2D eigenvalue weighted by Gasteiger charge is 2.19. The van der Waals surface area contributed by atoms with Gasteiger partial charge in [-0.05, 0) is 42.8 Å². The van der Waals surface area contributed by atoms with E-state index in [1.807, 2.05) is 0 Å². The number of rotatable bonds is 10.